The van der Waals surface area contributed by atoms with Crippen LogP contribution in [0.4, 0.5) is 0 Å². The molecular formula is C20H24ClN3O2. The Bertz CT molecular complexity index is 736. The first-order chi connectivity index (χ1) is 12.7. The van der Waals surface area contributed by atoms with Crippen LogP contribution in [-0.2, 0) is 11.3 Å². The summed E-state index contributed by atoms with van der Waals surface area (Å²) in [4.78, 5) is 12.4. The second kappa shape index (κ2) is 9.03. The van der Waals surface area contributed by atoms with Crippen LogP contribution in [0.5, 0.6) is 5.75 Å². The lowest BCUT2D eigenvalue weighted by Crippen LogP contribution is -2.42. The highest BCUT2D eigenvalue weighted by Crippen LogP contribution is 2.24. The summed E-state index contributed by atoms with van der Waals surface area (Å²) < 4.78 is 5.56. The molecule has 3 N–H and O–H groups in total. The van der Waals surface area contributed by atoms with Crippen LogP contribution in [0.15, 0.2) is 48.5 Å². The van der Waals surface area contributed by atoms with Gasteiger partial charge in [0.05, 0.1) is 6.61 Å². The fourth-order valence-corrected chi connectivity index (χ4v) is 3.10. The molecule has 2 aromatic carbocycles. The van der Waals surface area contributed by atoms with Gasteiger partial charge in [-0.3, -0.25) is 4.79 Å². The van der Waals surface area contributed by atoms with Crippen molar-refractivity contribution in [1.29, 1.82) is 0 Å². The van der Waals surface area contributed by atoms with E-state index in [9.17, 15) is 4.79 Å². The topological polar surface area (TPSA) is 62.4 Å². The highest BCUT2D eigenvalue weighted by Gasteiger charge is 2.29. The van der Waals surface area contributed by atoms with Crippen molar-refractivity contribution in [3.63, 3.8) is 0 Å². The van der Waals surface area contributed by atoms with E-state index in [4.69, 9.17) is 16.3 Å². The second-order valence-electron chi connectivity index (χ2n) is 6.39. The number of amides is 1. The molecule has 1 aliphatic rings. The highest BCUT2D eigenvalue weighted by atomic mass is 35.5. The molecule has 26 heavy (non-hydrogen) atoms. The minimum absolute atomic E-state index is 0.0201. The summed E-state index contributed by atoms with van der Waals surface area (Å²) in [5, 5.41) is 3.68. The third kappa shape index (κ3) is 4.97. The molecule has 1 saturated heterocycles. The number of benzene rings is 2. The zero-order valence-corrected chi connectivity index (χ0v) is 15.6. The minimum Gasteiger partial charge on any atom is -0.494 e. The van der Waals surface area contributed by atoms with Crippen LogP contribution in [0.3, 0.4) is 0 Å². The Morgan fingerprint density at radius 2 is 2.04 bits per heavy atom. The van der Waals surface area contributed by atoms with E-state index in [1.165, 1.54) is 0 Å². The number of halogens is 1. The summed E-state index contributed by atoms with van der Waals surface area (Å²) in [6, 6.07) is 15.3. The number of carbonyl (C=O) groups is 1. The van der Waals surface area contributed by atoms with Crippen molar-refractivity contribution in [2.45, 2.75) is 38.4 Å². The van der Waals surface area contributed by atoms with Crippen molar-refractivity contribution < 1.29 is 9.53 Å². The molecule has 2 unspecified atom stereocenters. The fourth-order valence-electron chi connectivity index (χ4n) is 2.91. The fraction of sp³-hybridized carbons (Fsp3) is 0.350. The van der Waals surface area contributed by atoms with E-state index in [0.717, 1.165) is 23.3 Å². The number of carbonyl (C=O) groups excluding carboxylic acids is 1. The zero-order valence-electron chi connectivity index (χ0n) is 14.8. The molecule has 1 heterocycles. The van der Waals surface area contributed by atoms with Crippen molar-refractivity contribution in [3.05, 3.63) is 64.7 Å². The van der Waals surface area contributed by atoms with Gasteiger partial charge in [-0.2, -0.15) is 0 Å². The quantitative estimate of drug-likeness (QED) is 0.696. The Hall–Kier alpha value is -2.08. The van der Waals surface area contributed by atoms with E-state index in [-0.39, 0.29) is 18.0 Å². The van der Waals surface area contributed by atoms with Crippen molar-refractivity contribution in [2.24, 2.45) is 0 Å². The molecule has 2 atom stereocenters. The van der Waals surface area contributed by atoms with Crippen LogP contribution in [0, 0.1) is 0 Å². The Morgan fingerprint density at radius 3 is 2.77 bits per heavy atom. The normalized spacial score (nSPS) is 19.3. The van der Waals surface area contributed by atoms with Crippen molar-refractivity contribution >= 4 is 17.5 Å². The van der Waals surface area contributed by atoms with Gasteiger partial charge >= 0.3 is 0 Å². The molecule has 0 aliphatic carbocycles. The Morgan fingerprint density at radius 1 is 1.23 bits per heavy atom. The number of nitrogens with one attached hydrogen (secondary N) is 3. The molecule has 6 heteroatoms. The molecule has 1 amide bonds. The van der Waals surface area contributed by atoms with Gasteiger partial charge in [-0.25, -0.2) is 10.9 Å². The van der Waals surface area contributed by atoms with Crippen LogP contribution < -0.4 is 20.9 Å². The van der Waals surface area contributed by atoms with Crippen LogP contribution in [0.25, 0.3) is 0 Å². The highest BCUT2D eigenvalue weighted by molar-refractivity contribution is 6.30. The van der Waals surface area contributed by atoms with Crippen molar-refractivity contribution in [2.75, 3.05) is 6.61 Å². The molecule has 5 nitrogen and oxygen atoms in total. The summed E-state index contributed by atoms with van der Waals surface area (Å²) in [5.41, 5.74) is 8.35. The minimum atomic E-state index is -0.272. The van der Waals surface area contributed by atoms with Gasteiger partial charge in [0, 0.05) is 17.6 Å². The molecule has 0 radical (unpaired) electrons. The van der Waals surface area contributed by atoms with Crippen LogP contribution in [-0.4, -0.2) is 18.6 Å². The lowest BCUT2D eigenvalue weighted by Gasteiger charge is -2.11. The maximum Gasteiger partial charge on any atom is 0.238 e. The molecule has 1 fully saturated rings. The summed E-state index contributed by atoms with van der Waals surface area (Å²) in [7, 11) is 0. The predicted octanol–water partition coefficient (Wildman–Crippen LogP) is 3.35. The first kappa shape index (κ1) is 18.7. The van der Waals surface area contributed by atoms with Crippen molar-refractivity contribution in [3.8, 4) is 5.75 Å². The van der Waals surface area contributed by atoms with E-state index >= 15 is 0 Å². The number of rotatable bonds is 7. The van der Waals surface area contributed by atoms with Gasteiger partial charge in [-0.15, -0.1) is 0 Å². The molecule has 3 rings (SSSR count). The molecule has 0 saturated carbocycles. The average molecular weight is 374 g/mol. The SMILES string of the molecule is CCCOc1ccc(CNC(=O)C2CC(c3cccc(Cl)c3)NN2)cc1. The lowest BCUT2D eigenvalue weighted by molar-refractivity contribution is -0.123. The van der Waals surface area contributed by atoms with Gasteiger partial charge in [0.15, 0.2) is 0 Å². The Kier molecular flexibility index (Phi) is 6.50. The summed E-state index contributed by atoms with van der Waals surface area (Å²) in [6.45, 7) is 3.28. The molecule has 2 aromatic rings. The van der Waals surface area contributed by atoms with Gasteiger partial charge in [-0.05, 0) is 48.2 Å². The first-order valence-corrected chi connectivity index (χ1v) is 9.29. The lowest BCUT2D eigenvalue weighted by atomic mass is 10.0. The number of hydrogen-bond acceptors (Lipinski definition) is 4. The number of hydrogen-bond donors (Lipinski definition) is 3. The summed E-state index contributed by atoms with van der Waals surface area (Å²) in [6.07, 6.45) is 1.66. The smallest absolute Gasteiger partial charge is 0.238 e. The number of ether oxygens (including phenoxy) is 1. The van der Waals surface area contributed by atoms with Crippen LogP contribution >= 0.6 is 11.6 Å². The maximum atomic E-state index is 12.4. The molecule has 1 aliphatic heterocycles. The maximum absolute atomic E-state index is 12.4. The van der Waals surface area contributed by atoms with Gasteiger partial charge in [0.25, 0.3) is 0 Å². The molecular weight excluding hydrogens is 350 g/mol. The van der Waals surface area contributed by atoms with Gasteiger partial charge in [0.2, 0.25) is 5.91 Å². The van der Waals surface area contributed by atoms with Gasteiger partial charge < -0.3 is 10.1 Å². The molecule has 0 bridgehead atoms. The predicted molar refractivity (Wildman–Crippen MR) is 103 cm³/mol. The average Bonchev–Trinajstić information content (AvgIpc) is 3.15. The zero-order chi connectivity index (χ0) is 18.4. The molecule has 0 aromatic heterocycles. The summed E-state index contributed by atoms with van der Waals surface area (Å²) in [5.74, 6) is 0.835. The van der Waals surface area contributed by atoms with E-state index in [1.807, 2.05) is 48.5 Å². The van der Waals surface area contributed by atoms with E-state index in [1.54, 1.807) is 0 Å². The van der Waals surface area contributed by atoms with Crippen LogP contribution in [0.1, 0.15) is 36.9 Å². The van der Waals surface area contributed by atoms with Gasteiger partial charge in [-0.1, -0.05) is 42.8 Å². The monoisotopic (exact) mass is 373 g/mol. The largest absolute Gasteiger partial charge is 0.494 e. The third-order valence-corrected chi connectivity index (χ3v) is 4.57. The summed E-state index contributed by atoms with van der Waals surface area (Å²) >= 11 is 6.04. The Balaban J connectivity index is 1.48. The first-order valence-electron chi connectivity index (χ1n) is 8.91. The van der Waals surface area contributed by atoms with Crippen molar-refractivity contribution in [1.82, 2.24) is 16.2 Å². The molecule has 0 spiro atoms. The second-order valence-corrected chi connectivity index (χ2v) is 6.83. The van der Waals surface area contributed by atoms with Crippen LogP contribution in [0.2, 0.25) is 5.02 Å². The van der Waals surface area contributed by atoms with E-state index in [0.29, 0.717) is 24.6 Å². The van der Waals surface area contributed by atoms with E-state index < -0.39 is 0 Å². The Labute approximate surface area is 159 Å². The number of hydrazine groups is 1. The third-order valence-electron chi connectivity index (χ3n) is 4.33. The van der Waals surface area contributed by atoms with E-state index in [2.05, 4.69) is 23.1 Å². The standard InChI is InChI=1S/C20H24ClN3O2/c1-2-10-26-17-8-6-14(7-9-17)13-22-20(25)19-12-18(23-24-19)15-4-3-5-16(21)11-15/h3-9,11,18-19,23-24H,2,10,12-13H2,1H3,(H,22,25). The van der Waals surface area contributed by atoms with Gasteiger partial charge in [0.1, 0.15) is 11.8 Å². The molecule has 138 valence electrons.